The van der Waals surface area contributed by atoms with Gasteiger partial charge in [0.15, 0.2) is 0 Å². The van der Waals surface area contributed by atoms with Crippen LogP contribution in [0, 0.1) is 3.57 Å². The number of hydrogen-bond acceptors (Lipinski definition) is 1. The summed E-state index contributed by atoms with van der Waals surface area (Å²) in [5, 5.41) is 5.15. The van der Waals surface area contributed by atoms with E-state index in [0.717, 1.165) is 21.8 Å². The average molecular weight is 395 g/mol. The summed E-state index contributed by atoms with van der Waals surface area (Å²) in [6.07, 6.45) is 1.91. The van der Waals surface area contributed by atoms with Gasteiger partial charge in [-0.15, -0.1) is 0 Å². The van der Waals surface area contributed by atoms with Gasteiger partial charge < -0.3 is 0 Å². The Bertz CT molecular complexity index is 747. The van der Waals surface area contributed by atoms with Crippen molar-refractivity contribution < 1.29 is 0 Å². The Morgan fingerprint density at radius 2 is 1.80 bits per heavy atom. The first-order valence-electron chi connectivity index (χ1n) is 6.19. The summed E-state index contributed by atoms with van der Waals surface area (Å²) in [7, 11) is 1.96. The van der Waals surface area contributed by atoms with E-state index in [0.29, 0.717) is 0 Å². The number of hydrogen-bond donors (Lipinski definition) is 0. The van der Waals surface area contributed by atoms with E-state index < -0.39 is 0 Å². The summed E-state index contributed by atoms with van der Waals surface area (Å²) >= 11 is 8.29. The minimum atomic E-state index is 0.742. The molecule has 2 nitrogen and oxygen atoms in total. The van der Waals surface area contributed by atoms with Crippen LogP contribution in [0.15, 0.2) is 54.7 Å². The molecule has 0 fully saturated rings. The lowest BCUT2D eigenvalue weighted by atomic mass is 10.0. The molecule has 0 saturated heterocycles. The molecular weight excluding hydrogens is 383 g/mol. The highest BCUT2D eigenvalue weighted by atomic mass is 127. The zero-order valence-corrected chi connectivity index (χ0v) is 13.8. The number of halogens is 2. The summed E-state index contributed by atoms with van der Waals surface area (Å²) in [6.45, 7) is 0. The second-order valence-electron chi connectivity index (χ2n) is 4.55. The highest BCUT2D eigenvalue weighted by Gasteiger charge is 2.12. The molecule has 0 aliphatic rings. The van der Waals surface area contributed by atoms with E-state index >= 15 is 0 Å². The minimum absolute atomic E-state index is 0.742. The summed E-state index contributed by atoms with van der Waals surface area (Å²) in [5.74, 6) is 0. The van der Waals surface area contributed by atoms with Crippen molar-refractivity contribution in [3.05, 3.63) is 63.3 Å². The highest BCUT2D eigenvalue weighted by molar-refractivity contribution is 14.1. The molecule has 0 bridgehead atoms. The first kappa shape index (κ1) is 13.6. The molecule has 3 rings (SSSR count). The number of aromatic nitrogens is 2. The maximum absolute atomic E-state index is 5.97. The Balaban J connectivity index is 2.17. The SMILES string of the molecule is Cn1ncc(-c2cccc(I)c2)c1-c1ccc(Cl)cc1. The maximum atomic E-state index is 5.97. The normalized spacial score (nSPS) is 10.8. The lowest BCUT2D eigenvalue weighted by Crippen LogP contribution is -1.94. The van der Waals surface area contributed by atoms with Crippen LogP contribution in [0.25, 0.3) is 22.4 Å². The smallest absolute Gasteiger partial charge is 0.0757 e. The molecule has 1 heterocycles. The van der Waals surface area contributed by atoms with Crippen LogP contribution in [0.5, 0.6) is 0 Å². The van der Waals surface area contributed by atoms with E-state index in [4.69, 9.17) is 11.6 Å². The topological polar surface area (TPSA) is 17.8 Å². The quantitative estimate of drug-likeness (QED) is 0.559. The standard InChI is InChI=1S/C16H12ClIN2/c1-20-16(11-5-7-13(17)8-6-11)15(10-19-20)12-3-2-4-14(18)9-12/h2-10H,1H3. The molecule has 0 aliphatic carbocycles. The first-order chi connectivity index (χ1) is 9.65. The van der Waals surface area contributed by atoms with Crippen molar-refractivity contribution in [3.8, 4) is 22.4 Å². The zero-order valence-electron chi connectivity index (χ0n) is 10.8. The van der Waals surface area contributed by atoms with Crippen LogP contribution in [0.2, 0.25) is 5.02 Å². The monoisotopic (exact) mass is 394 g/mol. The van der Waals surface area contributed by atoms with E-state index in [1.807, 2.05) is 42.2 Å². The molecule has 0 atom stereocenters. The zero-order chi connectivity index (χ0) is 14.1. The van der Waals surface area contributed by atoms with Gasteiger partial charge in [-0.2, -0.15) is 5.10 Å². The van der Waals surface area contributed by atoms with Crippen LogP contribution < -0.4 is 0 Å². The summed E-state index contributed by atoms with van der Waals surface area (Å²) < 4.78 is 3.12. The Morgan fingerprint density at radius 1 is 1.05 bits per heavy atom. The van der Waals surface area contributed by atoms with Crippen molar-refractivity contribution in [2.24, 2.45) is 7.05 Å². The first-order valence-corrected chi connectivity index (χ1v) is 7.65. The van der Waals surface area contributed by atoms with Gasteiger partial charge in [0.05, 0.1) is 11.9 Å². The fourth-order valence-corrected chi connectivity index (χ4v) is 2.92. The fraction of sp³-hybridized carbons (Fsp3) is 0.0625. The van der Waals surface area contributed by atoms with Gasteiger partial charge >= 0.3 is 0 Å². The van der Waals surface area contributed by atoms with Crippen LogP contribution >= 0.6 is 34.2 Å². The van der Waals surface area contributed by atoms with Crippen LogP contribution in [0.4, 0.5) is 0 Å². The maximum Gasteiger partial charge on any atom is 0.0757 e. The van der Waals surface area contributed by atoms with E-state index in [-0.39, 0.29) is 0 Å². The number of rotatable bonds is 2. The second-order valence-corrected chi connectivity index (χ2v) is 6.23. The molecule has 0 radical (unpaired) electrons. The third-order valence-electron chi connectivity index (χ3n) is 3.19. The molecule has 0 amide bonds. The van der Waals surface area contributed by atoms with Crippen molar-refractivity contribution in [3.63, 3.8) is 0 Å². The van der Waals surface area contributed by atoms with Crippen LogP contribution in [-0.2, 0) is 7.05 Å². The Hall–Kier alpha value is -1.33. The molecule has 100 valence electrons. The number of aryl methyl sites for hydroxylation is 1. The van der Waals surface area contributed by atoms with Gasteiger partial charge in [-0.3, -0.25) is 4.68 Å². The Morgan fingerprint density at radius 3 is 2.50 bits per heavy atom. The van der Waals surface area contributed by atoms with Gasteiger partial charge in [0.1, 0.15) is 0 Å². The Kier molecular flexibility index (Phi) is 3.81. The van der Waals surface area contributed by atoms with Crippen molar-refractivity contribution in [1.82, 2.24) is 9.78 Å². The van der Waals surface area contributed by atoms with Gasteiger partial charge in [-0.25, -0.2) is 0 Å². The predicted octanol–water partition coefficient (Wildman–Crippen LogP) is 5.01. The lowest BCUT2D eigenvalue weighted by Gasteiger charge is -2.07. The largest absolute Gasteiger partial charge is 0.267 e. The summed E-state index contributed by atoms with van der Waals surface area (Å²) in [6, 6.07) is 16.3. The molecule has 0 N–H and O–H groups in total. The van der Waals surface area contributed by atoms with Crippen molar-refractivity contribution in [2.45, 2.75) is 0 Å². The fourth-order valence-electron chi connectivity index (χ4n) is 2.25. The number of benzene rings is 2. The van der Waals surface area contributed by atoms with E-state index in [2.05, 4.69) is 52.0 Å². The molecule has 4 heteroatoms. The molecule has 0 spiro atoms. The molecule has 0 saturated carbocycles. The molecular formula is C16H12ClIN2. The lowest BCUT2D eigenvalue weighted by molar-refractivity contribution is 0.776. The average Bonchev–Trinajstić information content (AvgIpc) is 2.82. The van der Waals surface area contributed by atoms with Gasteiger partial charge in [-0.1, -0.05) is 35.9 Å². The summed E-state index contributed by atoms with van der Waals surface area (Å²) in [5.41, 5.74) is 4.52. The van der Waals surface area contributed by atoms with Gasteiger partial charge in [0.2, 0.25) is 0 Å². The van der Waals surface area contributed by atoms with Gasteiger partial charge in [0, 0.05) is 26.8 Å². The van der Waals surface area contributed by atoms with Crippen molar-refractivity contribution in [1.29, 1.82) is 0 Å². The number of nitrogens with zero attached hydrogens (tertiary/aromatic N) is 2. The molecule has 1 aromatic heterocycles. The van der Waals surface area contributed by atoms with Crippen LogP contribution in [0.3, 0.4) is 0 Å². The highest BCUT2D eigenvalue weighted by Crippen LogP contribution is 2.32. The van der Waals surface area contributed by atoms with E-state index in [1.54, 1.807) is 0 Å². The van der Waals surface area contributed by atoms with Crippen molar-refractivity contribution >= 4 is 34.2 Å². The van der Waals surface area contributed by atoms with Gasteiger partial charge in [0.25, 0.3) is 0 Å². The van der Waals surface area contributed by atoms with Crippen LogP contribution in [0.1, 0.15) is 0 Å². The molecule has 0 aliphatic heterocycles. The van der Waals surface area contributed by atoms with Crippen molar-refractivity contribution in [2.75, 3.05) is 0 Å². The molecule has 20 heavy (non-hydrogen) atoms. The molecule has 3 aromatic rings. The Labute approximate surface area is 136 Å². The van der Waals surface area contributed by atoms with E-state index in [9.17, 15) is 0 Å². The van der Waals surface area contributed by atoms with Crippen LogP contribution in [-0.4, -0.2) is 9.78 Å². The second kappa shape index (κ2) is 5.58. The minimum Gasteiger partial charge on any atom is -0.267 e. The summed E-state index contributed by atoms with van der Waals surface area (Å²) in [4.78, 5) is 0. The third-order valence-corrected chi connectivity index (χ3v) is 4.12. The molecule has 0 unspecified atom stereocenters. The van der Waals surface area contributed by atoms with Gasteiger partial charge in [-0.05, 0) is 52.4 Å². The predicted molar refractivity (Wildman–Crippen MR) is 91.8 cm³/mol. The van der Waals surface area contributed by atoms with E-state index in [1.165, 1.54) is 9.13 Å². The molecule has 2 aromatic carbocycles. The third kappa shape index (κ3) is 2.60.